The lowest BCUT2D eigenvalue weighted by molar-refractivity contribution is -0.720. The van der Waals surface area contributed by atoms with E-state index in [4.69, 9.17) is 6.58 Å². The second-order valence-electron chi connectivity index (χ2n) is 15.1. The van der Waals surface area contributed by atoms with Crippen LogP contribution in [0.1, 0.15) is 47.1 Å². The molecule has 0 saturated heterocycles. The lowest BCUT2D eigenvalue weighted by Crippen LogP contribution is -2.49. The maximum atomic E-state index is 4.92. The van der Waals surface area contributed by atoms with Crippen LogP contribution in [0.3, 0.4) is 0 Å². The lowest BCUT2D eigenvalue weighted by atomic mass is 9.77. The van der Waals surface area contributed by atoms with E-state index in [1.54, 1.807) is 0 Å². The Labute approximate surface area is 303 Å². The molecule has 3 heteroatoms. The van der Waals surface area contributed by atoms with Gasteiger partial charge in [-0.2, -0.15) is 9.13 Å². The first-order chi connectivity index (χ1) is 25.5. The number of aromatic nitrogens is 3. The molecular weight excluding hydrogens is 631 g/mol. The van der Waals surface area contributed by atoms with Gasteiger partial charge >= 0.3 is 0 Å². The van der Waals surface area contributed by atoms with Gasteiger partial charge in [0.15, 0.2) is 24.1 Å². The molecule has 0 N–H and O–H groups in total. The molecule has 52 heavy (non-hydrogen) atoms. The second kappa shape index (κ2) is 11.0. The Morgan fingerprint density at radius 2 is 1.40 bits per heavy atom. The summed E-state index contributed by atoms with van der Waals surface area (Å²) in [5.74, 6) is 0.339. The van der Waals surface area contributed by atoms with Crippen LogP contribution in [-0.4, -0.2) is 4.40 Å². The van der Waals surface area contributed by atoms with Crippen molar-refractivity contribution in [2.45, 2.75) is 45.1 Å². The normalized spacial score (nSPS) is 16.8. The zero-order valence-electron chi connectivity index (χ0n) is 29.6. The Balaban J connectivity index is 1.21. The van der Waals surface area contributed by atoms with Gasteiger partial charge in [-0.1, -0.05) is 84.9 Å². The molecule has 0 aliphatic carbocycles. The number of allylic oxidation sites excluding steroid dienone is 1. The fourth-order valence-electron chi connectivity index (χ4n) is 9.83. The first-order valence-electron chi connectivity index (χ1n) is 18.6. The predicted molar refractivity (Wildman–Crippen MR) is 214 cm³/mol. The van der Waals surface area contributed by atoms with Gasteiger partial charge in [0.1, 0.15) is 0 Å². The molecule has 2 aliphatic rings. The Bertz CT molecular complexity index is 2930. The van der Waals surface area contributed by atoms with Gasteiger partial charge in [0.2, 0.25) is 11.4 Å². The summed E-state index contributed by atoms with van der Waals surface area (Å²) < 4.78 is 7.54. The van der Waals surface area contributed by atoms with Crippen LogP contribution in [-0.2, 0) is 6.42 Å². The van der Waals surface area contributed by atoms with Crippen molar-refractivity contribution in [3.05, 3.63) is 169 Å². The van der Waals surface area contributed by atoms with Crippen molar-refractivity contribution < 1.29 is 9.13 Å². The fraction of sp³-hybridized carbons (Fsp3) is 0.143. The van der Waals surface area contributed by atoms with Gasteiger partial charge in [-0.15, -0.1) is 0 Å². The summed E-state index contributed by atoms with van der Waals surface area (Å²) in [6, 6.07) is 47.9. The molecule has 248 valence electrons. The van der Waals surface area contributed by atoms with E-state index >= 15 is 0 Å². The Morgan fingerprint density at radius 3 is 2.29 bits per heavy atom. The number of nitrogens with zero attached hydrogens (tertiary/aromatic N) is 3. The van der Waals surface area contributed by atoms with Crippen molar-refractivity contribution in [1.82, 2.24) is 4.40 Å². The molecule has 4 aromatic heterocycles. The number of aryl methyl sites for hydroxylation is 3. The van der Waals surface area contributed by atoms with E-state index in [9.17, 15) is 0 Å². The highest BCUT2D eigenvalue weighted by molar-refractivity contribution is 6.23. The van der Waals surface area contributed by atoms with Crippen LogP contribution in [0.2, 0.25) is 0 Å². The Kier molecular flexibility index (Phi) is 6.25. The number of rotatable bonds is 1. The van der Waals surface area contributed by atoms with Crippen molar-refractivity contribution in [2.24, 2.45) is 0 Å². The average molecular weight is 670 g/mol. The standard InChI is InChI=1S/C49H39N3/c1-30-20-23-44-36-15-8-7-14-35(36)38-22-21-34-26-48-42(40-18-11-17-39-37-16-9-10-19-45(37)52(48)49(39)40)27-41(34)46-24-31(2)43(33-12-5-4-6-13-33)29-50(46)32(3)25-47(38)51(44)28-30/h4-20,23-24,26-29,38,47H,3,21-22,25H2,1-2H3/q+2. The van der Waals surface area contributed by atoms with E-state index in [1.807, 2.05) is 0 Å². The molecule has 0 spiro atoms. The molecule has 0 bridgehead atoms. The van der Waals surface area contributed by atoms with E-state index in [1.165, 1.54) is 94.0 Å². The number of benzene rings is 5. The number of pyridine rings is 2. The number of hydrogen-bond donors (Lipinski definition) is 0. The molecule has 2 unspecified atom stereocenters. The zero-order chi connectivity index (χ0) is 34.7. The minimum atomic E-state index is 0.243. The maximum Gasteiger partial charge on any atom is 0.218 e. The highest BCUT2D eigenvalue weighted by atomic mass is 15.0. The second-order valence-corrected chi connectivity index (χ2v) is 15.1. The third kappa shape index (κ3) is 4.14. The predicted octanol–water partition coefficient (Wildman–Crippen LogP) is 11.2. The average Bonchev–Trinajstić information content (AvgIpc) is 3.69. The molecule has 2 atom stereocenters. The van der Waals surface area contributed by atoms with Gasteiger partial charge < -0.3 is 4.40 Å². The van der Waals surface area contributed by atoms with Crippen LogP contribution in [0.5, 0.6) is 0 Å². The Hall–Kier alpha value is -6.06. The summed E-state index contributed by atoms with van der Waals surface area (Å²) >= 11 is 0. The summed E-state index contributed by atoms with van der Waals surface area (Å²) in [5.41, 5.74) is 18.1. The third-order valence-electron chi connectivity index (χ3n) is 12.2. The summed E-state index contributed by atoms with van der Waals surface area (Å²) in [6.07, 6.45) is 7.62. The van der Waals surface area contributed by atoms with Gasteiger partial charge in [0, 0.05) is 56.3 Å². The summed E-state index contributed by atoms with van der Waals surface area (Å²) in [7, 11) is 0. The van der Waals surface area contributed by atoms with Crippen molar-refractivity contribution in [1.29, 1.82) is 0 Å². The maximum absolute atomic E-state index is 4.92. The highest BCUT2D eigenvalue weighted by Crippen LogP contribution is 2.46. The molecule has 5 aromatic carbocycles. The number of fused-ring (bicyclic) bond motifs is 15. The molecule has 2 aliphatic heterocycles. The summed E-state index contributed by atoms with van der Waals surface area (Å²) in [5, 5.41) is 5.27. The monoisotopic (exact) mass is 669 g/mol. The quantitative estimate of drug-likeness (QED) is 0.154. The van der Waals surface area contributed by atoms with Gasteiger partial charge in [-0.25, -0.2) is 0 Å². The van der Waals surface area contributed by atoms with Gasteiger partial charge in [0.25, 0.3) is 0 Å². The smallest absolute Gasteiger partial charge is 0.218 e. The summed E-state index contributed by atoms with van der Waals surface area (Å²) in [4.78, 5) is 0. The van der Waals surface area contributed by atoms with Crippen LogP contribution in [0.25, 0.3) is 77.4 Å². The van der Waals surface area contributed by atoms with Crippen molar-refractivity contribution in [3.8, 4) is 33.6 Å². The van der Waals surface area contributed by atoms with Gasteiger partial charge in [-0.3, -0.25) is 0 Å². The van der Waals surface area contributed by atoms with E-state index in [2.05, 4.69) is 167 Å². The van der Waals surface area contributed by atoms with Crippen molar-refractivity contribution in [3.63, 3.8) is 0 Å². The lowest BCUT2D eigenvalue weighted by Gasteiger charge is -2.31. The molecule has 0 fully saturated rings. The first-order valence-corrected chi connectivity index (χ1v) is 18.6. The van der Waals surface area contributed by atoms with Crippen LogP contribution in [0.4, 0.5) is 0 Å². The minimum absolute atomic E-state index is 0.243. The molecule has 0 amide bonds. The van der Waals surface area contributed by atoms with Gasteiger partial charge in [-0.05, 0) is 85.9 Å². The summed E-state index contributed by atoms with van der Waals surface area (Å²) in [6.45, 7) is 9.40. The molecule has 6 heterocycles. The minimum Gasteiger partial charge on any atom is -0.308 e. The van der Waals surface area contributed by atoms with Crippen molar-refractivity contribution in [2.75, 3.05) is 0 Å². The number of hydrogen-bond acceptors (Lipinski definition) is 0. The van der Waals surface area contributed by atoms with Crippen LogP contribution in [0.15, 0.2) is 146 Å². The molecule has 11 rings (SSSR count). The topological polar surface area (TPSA) is 12.2 Å². The van der Waals surface area contributed by atoms with Crippen molar-refractivity contribution >= 4 is 43.8 Å². The third-order valence-corrected chi connectivity index (χ3v) is 12.2. The molecular formula is C49H39N3+2. The van der Waals surface area contributed by atoms with E-state index < -0.39 is 0 Å². The molecule has 0 radical (unpaired) electrons. The Morgan fingerprint density at radius 1 is 0.635 bits per heavy atom. The van der Waals surface area contributed by atoms with E-state index in [0.717, 1.165) is 25.0 Å². The molecule has 0 saturated carbocycles. The highest BCUT2D eigenvalue weighted by Gasteiger charge is 2.42. The zero-order valence-corrected chi connectivity index (χ0v) is 29.6. The SMILES string of the molecule is C=C1CC2C(CCc3cc4c(cc3-c3cc(C)c(-c5ccccc5)c[n+]31)c1cccc3c5ccccc5n4c31)c1ccccc1-c1ccc(C)c[n+]12. The molecule has 9 aromatic rings. The van der Waals surface area contributed by atoms with E-state index in [-0.39, 0.29) is 6.04 Å². The van der Waals surface area contributed by atoms with E-state index in [0.29, 0.717) is 5.92 Å². The van der Waals surface area contributed by atoms with Gasteiger partial charge in [0.05, 0.1) is 28.5 Å². The van der Waals surface area contributed by atoms with Crippen LogP contribution in [0, 0.1) is 13.8 Å². The molecule has 3 nitrogen and oxygen atoms in total. The largest absolute Gasteiger partial charge is 0.308 e. The first kappa shape index (κ1) is 29.6. The van der Waals surface area contributed by atoms with Crippen LogP contribution < -0.4 is 9.13 Å². The number of para-hydroxylation sites is 2. The van der Waals surface area contributed by atoms with Crippen LogP contribution >= 0.6 is 0 Å². The fourth-order valence-corrected chi connectivity index (χ4v) is 9.83.